The summed E-state index contributed by atoms with van der Waals surface area (Å²) in [5.41, 5.74) is 5.93. The van der Waals surface area contributed by atoms with E-state index in [0.29, 0.717) is 12.6 Å². The molecule has 0 rings (SSSR count). The molecule has 92 valence electrons. The van der Waals surface area contributed by atoms with Gasteiger partial charge < -0.3 is 10.5 Å². The van der Waals surface area contributed by atoms with Crippen molar-refractivity contribution in [1.82, 2.24) is 4.90 Å². The van der Waals surface area contributed by atoms with Crippen molar-refractivity contribution in [2.45, 2.75) is 31.8 Å². The van der Waals surface area contributed by atoms with Gasteiger partial charge >= 0.3 is 0 Å². The van der Waals surface area contributed by atoms with E-state index in [1.54, 1.807) is 7.11 Å². The molecule has 2 unspecified atom stereocenters. The van der Waals surface area contributed by atoms with E-state index in [9.17, 15) is 0 Å². The first-order chi connectivity index (χ1) is 7.01. The standard InChI is InChI=1S/C11H26N2OS/c1-10(8-15-5)13(3)11(2,9-12)6-7-14-4/h10H,6-9,12H2,1-5H3. The maximum absolute atomic E-state index is 5.88. The Kier molecular flexibility index (Phi) is 7.61. The minimum Gasteiger partial charge on any atom is -0.385 e. The van der Waals surface area contributed by atoms with Crippen LogP contribution in [0.15, 0.2) is 0 Å². The predicted octanol–water partition coefficient (Wildman–Crippen LogP) is 1.42. The molecule has 0 amide bonds. The smallest absolute Gasteiger partial charge is 0.0480 e. The summed E-state index contributed by atoms with van der Waals surface area (Å²) in [5.74, 6) is 1.14. The van der Waals surface area contributed by atoms with Crippen LogP contribution in [0.1, 0.15) is 20.3 Å². The highest BCUT2D eigenvalue weighted by molar-refractivity contribution is 7.98. The van der Waals surface area contributed by atoms with Crippen LogP contribution < -0.4 is 5.73 Å². The van der Waals surface area contributed by atoms with Crippen molar-refractivity contribution in [3.63, 3.8) is 0 Å². The molecule has 0 aliphatic rings. The van der Waals surface area contributed by atoms with Gasteiger partial charge in [-0.3, -0.25) is 4.90 Å². The zero-order valence-electron chi connectivity index (χ0n) is 10.7. The van der Waals surface area contributed by atoms with Crippen molar-refractivity contribution in [3.8, 4) is 0 Å². The normalized spacial score (nSPS) is 17.8. The highest BCUT2D eigenvalue weighted by Gasteiger charge is 2.30. The molecule has 0 aromatic heterocycles. The van der Waals surface area contributed by atoms with E-state index in [0.717, 1.165) is 18.8 Å². The molecule has 3 nitrogen and oxygen atoms in total. The van der Waals surface area contributed by atoms with Crippen molar-refractivity contribution in [1.29, 1.82) is 0 Å². The molecule has 0 radical (unpaired) electrons. The zero-order valence-corrected chi connectivity index (χ0v) is 11.6. The molecule has 0 saturated heterocycles. The van der Waals surface area contributed by atoms with Crippen LogP contribution in [-0.4, -0.2) is 55.8 Å². The number of nitrogens with zero attached hydrogens (tertiary/aromatic N) is 1. The summed E-state index contributed by atoms with van der Waals surface area (Å²) < 4.78 is 5.14. The van der Waals surface area contributed by atoms with Gasteiger partial charge in [-0.1, -0.05) is 0 Å². The molecule has 0 saturated carbocycles. The van der Waals surface area contributed by atoms with Gasteiger partial charge in [-0.15, -0.1) is 0 Å². The van der Waals surface area contributed by atoms with E-state index >= 15 is 0 Å². The molecule has 0 spiro atoms. The van der Waals surface area contributed by atoms with Gasteiger partial charge in [-0.05, 0) is 33.6 Å². The Balaban J connectivity index is 4.34. The van der Waals surface area contributed by atoms with Gasteiger partial charge in [0.1, 0.15) is 0 Å². The SMILES string of the molecule is COCCC(C)(CN)N(C)C(C)CSC. The lowest BCUT2D eigenvalue weighted by Crippen LogP contribution is -2.54. The number of ether oxygens (including phenoxy) is 1. The van der Waals surface area contributed by atoms with E-state index in [1.807, 2.05) is 11.8 Å². The second-order valence-electron chi connectivity index (χ2n) is 4.36. The van der Waals surface area contributed by atoms with Crippen LogP contribution in [0.5, 0.6) is 0 Å². The van der Waals surface area contributed by atoms with Gasteiger partial charge in [0, 0.05) is 37.6 Å². The first kappa shape index (κ1) is 15.2. The fourth-order valence-electron chi connectivity index (χ4n) is 1.63. The van der Waals surface area contributed by atoms with E-state index in [2.05, 4.69) is 32.1 Å². The maximum atomic E-state index is 5.88. The molecule has 0 aliphatic carbocycles. The van der Waals surface area contributed by atoms with Crippen molar-refractivity contribution in [3.05, 3.63) is 0 Å². The summed E-state index contributed by atoms with van der Waals surface area (Å²) in [7, 11) is 3.89. The quantitative estimate of drug-likeness (QED) is 0.689. The van der Waals surface area contributed by atoms with Crippen LogP contribution in [0.4, 0.5) is 0 Å². The van der Waals surface area contributed by atoms with Gasteiger partial charge in [0.15, 0.2) is 0 Å². The molecule has 2 N–H and O–H groups in total. The van der Waals surface area contributed by atoms with Gasteiger partial charge in [-0.2, -0.15) is 11.8 Å². The number of nitrogens with two attached hydrogens (primary N) is 1. The van der Waals surface area contributed by atoms with Crippen molar-refractivity contribution in [2.24, 2.45) is 5.73 Å². The Morgan fingerprint density at radius 1 is 1.53 bits per heavy atom. The fourth-order valence-corrected chi connectivity index (χ4v) is 2.34. The number of methoxy groups -OCH3 is 1. The van der Waals surface area contributed by atoms with Crippen LogP contribution in [0.2, 0.25) is 0 Å². The number of rotatable bonds is 8. The van der Waals surface area contributed by atoms with Crippen LogP contribution in [0.25, 0.3) is 0 Å². The minimum absolute atomic E-state index is 0.0468. The second-order valence-corrected chi connectivity index (χ2v) is 5.27. The van der Waals surface area contributed by atoms with Crippen molar-refractivity contribution >= 4 is 11.8 Å². The third kappa shape index (κ3) is 4.72. The number of thioether (sulfide) groups is 1. The molecular weight excluding hydrogens is 208 g/mol. The lowest BCUT2D eigenvalue weighted by Gasteiger charge is -2.41. The molecule has 0 aromatic rings. The largest absolute Gasteiger partial charge is 0.385 e. The molecule has 2 atom stereocenters. The van der Waals surface area contributed by atoms with Crippen LogP contribution in [-0.2, 0) is 4.74 Å². The first-order valence-electron chi connectivity index (χ1n) is 5.42. The summed E-state index contributed by atoms with van der Waals surface area (Å²) >= 11 is 1.87. The highest BCUT2D eigenvalue weighted by atomic mass is 32.2. The molecule has 0 heterocycles. The highest BCUT2D eigenvalue weighted by Crippen LogP contribution is 2.20. The third-order valence-electron chi connectivity index (χ3n) is 3.21. The third-order valence-corrected chi connectivity index (χ3v) is 4.02. The van der Waals surface area contributed by atoms with Gasteiger partial charge in [-0.25, -0.2) is 0 Å². The monoisotopic (exact) mass is 234 g/mol. The van der Waals surface area contributed by atoms with Crippen LogP contribution in [0.3, 0.4) is 0 Å². The van der Waals surface area contributed by atoms with Gasteiger partial charge in [0.2, 0.25) is 0 Å². The number of hydrogen-bond donors (Lipinski definition) is 1. The molecule has 0 bridgehead atoms. The molecule has 0 aromatic carbocycles. The molecular formula is C11H26N2OS. The summed E-state index contributed by atoms with van der Waals surface area (Å²) in [4.78, 5) is 2.38. The predicted molar refractivity (Wildman–Crippen MR) is 69.6 cm³/mol. The maximum Gasteiger partial charge on any atom is 0.0480 e. The molecule has 0 fully saturated rings. The summed E-state index contributed by atoms with van der Waals surface area (Å²) in [6.45, 7) is 5.90. The van der Waals surface area contributed by atoms with E-state index in [1.165, 1.54) is 0 Å². The Morgan fingerprint density at radius 3 is 2.53 bits per heavy atom. The Hall–Kier alpha value is 0.230. The summed E-state index contributed by atoms with van der Waals surface area (Å²) in [5, 5.41) is 0. The van der Waals surface area contributed by atoms with E-state index in [-0.39, 0.29) is 5.54 Å². The average Bonchev–Trinajstić information content (AvgIpc) is 2.25. The van der Waals surface area contributed by atoms with Crippen LogP contribution in [0, 0.1) is 0 Å². The second kappa shape index (κ2) is 7.49. The van der Waals surface area contributed by atoms with E-state index in [4.69, 9.17) is 10.5 Å². The topological polar surface area (TPSA) is 38.5 Å². The van der Waals surface area contributed by atoms with Gasteiger partial charge in [0.25, 0.3) is 0 Å². The fraction of sp³-hybridized carbons (Fsp3) is 1.00. The van der Waals surface area contributed by atoms with Gasteiger partial charge in [0.05, 0.1) is 0 Å². The number of hydrogen-bond acceptors (Lipinski definition) is 4. The summed E-state index contributed by atoms with van der Waals surface area (Å²) in [6, 6.07) is 0.547. The molecule has 0 aliphatic heterocycles. The van der Waals surface area contributed by atoms with Crippen molar-refractivity contribution < 1.29 is 4.74 Å². The average molecular weight is 234 g/mol. The van der Waals surface area contributed by atoms with E-state index < -0.39 is 0 Å². The van der Waals surface area contributed by atoms with Crippen LogP contribution >= 0.6 is 11.8 Å². The molecule has 4 heteroatoms. The Morgan fingerprint density at radius 2 is 2.13 bits per heavy atom. The Bertz CT molecular complexity index is 169. The Labute approximate surface area is 98.7 Å². The zero-order chi connectivity index (χ0) is 11.9. The number of likely N-dealkylation sites (N-methyl/N-ethyl adjacent to an activating group) is 1. The summed E-state index contributed by atoms with van der Waals surface area (Å²) in [6.07, 6.45) is 3.12. The lowest BCUT2D eigenvalue weighted by molar-refractivity contribution is 0.0689. The molecule has 15 heavy (non-hydrogen) atoms. The first-order valence-corrected chi connectivity index (χ1v) is 6.82. The lowest BCUT2D eigenvalue weighted by atomic mass is 9.95. The van der Waals surface area contributed by atoms with Crippen molar-refractivity contribution in [2.75, 3.05) is 39.3 Å². The minimum atomic E-state index is 0.0468.